The summed E-state index contributed by atoms with van der Waals surface area (Å²) >= 11 is 0. The van der Waals surface area contributed by atoms with Gasteiger partial charge in [0.1, 0.15) is 0 Å². The van der Waals surface area contributed by atoms with Gasteiger partial charge in [0.2, 0.25) is 0 Å². The van der Waals surface area contributed by atoms with Crippen LogP contribution in [0.1, 0.15) is 39.5 Å². The molecule has 0 aromatic heterocycles. The zero-order chi connectivity index (χ0) is 21.3. The van der Waals surface area contributed by atoms with Crippen LogP contribution in [-0.4, -0.2) is 33.8 Å². The van der Waals surface area contributed by atoms with E-state index < -0.39 is 12.1 Å². The van der Waals surface area contributed by atoms with Crippen molar-refractivity contribution >= 4 is 35.1 Å². The second-order valence-corrected chi connectivity index (χ2v) is 6.75. The van der Waals surface area contributed by atoms with Gasteiger partial charge in [-0.2, -0.15) is 10.0 Å². The molecule has 8 heteroatoms. The van der Waals surface area contributed by atoms with E-state index in [0.717, 1.165) is 12.8 Å². The summed E-state index contributed by atoms with van der Waals surface area (Å²) in [6.07, 6.45) is 2.50. The first kappa shape index (κ1) is 21.0. The quantitative estimate of drug-likeness (QED) is 0.682. The Morgan fingerprint density at radius 1 is 0.700 bits per heavy atom. The Bertz CT molecular complexity index is 850. The maximum Gasteiger partial charge on any atom is 0.348 e. The Labute approximate surface area is 176 Å². The molecule has 2 N–H and O–H groups in total. The van der Waals surface area contributed by atoms with Crippen molar-refractivity contribution in [2.75, 3.05) is 10.6 Å². The van der Waals surface area contributed by atoms with Crippen molar-refractivity contribution in [1.82, 2.24) is 10.0 Å². The lowest BCUT2D eigenvalue weighted by Crippen LogP contribution is -2.47. The van der Waals surface area contributed by atoms with E-state index in [1.54, 1.807) is 24.3 Å². The maximum atomic E-state index is 12.9. The molecule has 8 nitrogen and oxygen atoms in total. The summed E-state index contributed by atoms with van der Waals surface area (Å²) in [5.74, 6) is 0.822. The number of nitrogens with one attached hydrogen (secondary N) is 2. The third kappa shape index (κ3) is 5.22. The van der Waals surface area contributed by atoms with E-state index in [9.17, 15) is 9.59 Å². The lowest BCUT2D eigenvalue weighted by molar-refractivity contribution is 0.222. The Hall–Kier alpha value is -3.68. The predicted molar refractivity (Wildman–Crippen MR) is 119 cm³/mol. The van der Waals surface area contributed by atoms with E-state index in [-0.39, 0.29) is 0 Å². The molecule has 0 radical (unpaired) electrons. The first-order valence-electron chi connectivity index (χ1n) is 10.1. The number of anilines is 2. The van der Waals surface area contributed by atoms with Crippen LogP contribution in [0.2, 0.25) is 0 Å². The van der Waals surface area contributed by atoms with Crippen molar-refractivity contribution in [2.45, 2.75) is 39.5 Å². The average molecular weight is 406 g/mol. The number of hydrogen-bond acceptors (Lipinski definition) is 4. The van der Waals surface area contributed by atoms with Gasteiger partial charge in [-0.1, -0.05) is 50.2 Å². The van der Waals surface area contributed by atoms with E-state index in [1.165, 1.54) is 10.0 Å². The molecule has 0 saturated heterocycles. The third-order valence-corrected chi connectivity index (χ3v) is 4.30. The maximum absolute atomic E-state index is 12.9. The van der Waals surface area contributed by atoms with E-state index in [4.69, 9.17) is 0 Å². The van der Waals surface area contributed by atoms with E-state index in [2.05, 4.69) is 20.8 Å². The lowest BCUT2D eigenvalue weighted by Gasteiger charge is -2.30. The molecule has 4 amide bonds. The molecule has 0 unspecified atom stereocenters. The van der Waals surface area contributed by atoms with Crippen LogP contribution < -0.4 is 10.6 Å². The molecule has 0 spiro atoms. The molecule has 1 heterocycles. The van der Waals surface area contributed by atoms with E-state index >= 15 is 0 Å². The van der Waals surface area contributed by atoms with Gasteiger partial charge in [-0.3, -0.25) is 0 Å². The van der Waals surface area contributed by atoms with Gasteiger partial charge in [-0.05, 0) is 37.1 Å². The van der Waals surface area contributed by atoms with Crippen molar-refractivity contribution < 1.29 is 9.59 Å². The molecule has 1 aliphatic rings. The normalized spacial score (nSPS) is 13.4. The van der Waals surface area contributed by atoms with Crippen LogP contribution in [0.15, 0.2) is 70.9 Å². The number of rotatable bonds is 6. The topological polar surface area (TPSA) is 89.4 Å². The lowest BCUT2D eigenvalue weighted by atomic mass is 10.3. The molecule has 2 aromatic carbocycles. The van der Waals surface area contributed by atoms with Crippen LogP contribution in [0.3, 0.4) is 0 Å². The van der Waals surface area contributed by atoms with Crippen molar-refractivity contribution in [2.24, 2.45) is 10.2 Å². The zero-order valence-corrected chi connectivity index (χ0v) is 17.2. The van der Waals surface area contributed by atoms with E-state index in [0.29, 0.717) is 35.9 Å². The summed E-state index contributed by atoms with van der Waals surface area (Å²) in [6.45, 7) is 3.96. The Balaban J connectivity index is 1.85. The minimum absolute atomic E-state index is 0.411. The number of carbonyl (C=O) groups excluding carboxylic acids is 2. The minimum atomic E-state index is -0.412. The number of benzene rings is 2. The van der Waals surface area contributed by atoms with Gasteiger partial charge in [0, 0.05) is 24.2 Å². The van der Waals surface area contributed by atoms with Crippen molar-refractivity contribution in [3.05, 3.63) is 60.7 Å². The number of urea groups is 2. The van der Waals surface area contributed by atoms with Gasteiger partial charge < -0.3 is 10.6 Å². The average Bonchev–Trinajstić information content (AvgIpc) is 2.76. The Kier molecular flexibility index (Phi) is 7.15. The molecule has 156 valence electrons. The molecule has 0 atom stereocenters. The fourth-order valence-electron chi connectivity index (χ4n) is 2.91. The van der Waals surface area contributed by atoms with Gasteiger partial charge in [-0.25, -0.2) is 9.59 Å². The van der Waals surface area contributed by atoms with Crippen molar-refractivity contribution in [3.63, 3.8) is 0 Å². The second-order valence-electron chi connectivity index (χ2n) is 6.75. The summed E-state index contributed by atoms with van der Waals surface area (Å²) in [4.78, 5) is 25.8. The van der Waals surface area contributed by atoms with Gasteiger partial charge in [0.05, 0.1) is 0 Å². The monoisotopic (exact) mass is 406 g/mol. The number of amides is 4. The number of hydrogen-bond donors (Lipinski definition) is 2. The Morgan fingerprint density at radius 3 is 1.40 bits per heavy atom. The van der Waals surface area contributed by atoms with Gasteiger partial charge in [0.25, 0.3) is 0 Å². The van der Waals surface area contributed by atoms with E-state index in [1.807, 2.05) is 50.2 Å². The zero-order valence-electron chi connectivity index (χ0n) is 17.2. The third-order valence-electron chi connectivity index (χ3n) is 4.30. The molecular formula is C22H26N6O2. The smallest absolute Gasteiger partial charge is 0.306 e. The van der Waals surface area contributed by atoms with Crippen LogP contribution >= 0.6 is 0 Å². The number of nitrogens with zero attached hydrogens (tertiary/aromatic N) is 4. The molecule has 1 aliphatic heterocycles. The van der Waals surface area contributed by atoms with Crippen LogP contribution in [-0.2, 0) is 0 Å². The van der Waals surface area contributed by atoms with Crippen LogP contribution in [0.25, 0.3) is 0 Å². The first-order valence-corrected chi connectivity index (χ1v) is 10.1. The number of amidine groups is 2. The standard InChI is InChI=1S/C22H26N6O2/c1-3-11-19-25-28(22(30)24-18-15-9-6-10-16-18)20(12-4-2)26-27(19)21(29)23-17-13-7-5-8-14-17/h5-10,13-16H,3-4,11-12H2,1-2H3,(H,23,29)(H,24,30). The number of carbonyl (C=O) groups is 2. The highest BCUT2D eigenvalue weighted by Gasteiger charge is 2.30. The molecule has 3 rings (SSSR count). The van der Waals surface area contributed by atoms with Crippen molar-refractivity contribution in [1.29, 1.82) is 0 Å². The molecule has 0 bridgehead atoms. The molecule has 0 fully saturated rings. The highest BCUT2D eigenvalue weighted by molar-refractivity contribution is 6.10. The van der Waals surface area contributed by atoms with Gasteiger partial charge >= 0.3 is 12.1 Å². The largest absolute Gasteiger partial charge is 0.348 e. The molecule has 2 aromatic rings. The SMILES string of the molecule is CCCC1=NN(C(=O)Nc2ccccc2)C(CCC)=NN1C(=O)Nc1ccccc1. The molecule has 0 saturated carbocycles. The molecule has 0 aliphatic carbocycles. The van der Waals surface area contributed by atoms with Crippen LogP contribution in [0, 0.1) is 0 Å². The Morgan fingerprint density at radius 2 is 1.07 bits per heavy atom. The number of para-hydroxylation sites is 2. The minimum Gasteiger partial charge on any atom is -0.306 e. The van der Waals surface area contributed by atoms with Crippen LogP contribution in [0.5, 0.6) is 0 Å². The van der Waals surface area contributed by atoms with Crippen molar-refractivity contribution in [3.8, 4) is 0 Å². The fraction of sp³-hybridized carbons (Fsp3) is 0.273. The summed E-state index contributed by atoms with van der Waals surface area (Å²) < 4.78 is 0. The fourth-order valence-corrected chi connectivity index (χ4v) is 2.91. The van der Waals surface area contributed by atoms with Gasteiger partial charge in [-0.15, -0.1) is 10.2 Å². The summed E-state index contributed by atoms with van der Waals surface area (Å²) in [5.41, 5.74) is 1.32. The highest BCUT2D eigenvalue weighted by atomic mass is 16.2. The predicted octanol–water partition coefficient (Wildman–Crippen LogP) is 5.30. The first-order chi connectivity index (χ1) is 14.6. The molecular weight excluding hydrogens is 380 g/mol. The summed E-state index contributed by atoms with van der Waals surface area (Å²) in [7, 11) is 0. The summed E-state index contributed by atoms with van der Waals surface area (Å²) in [6, 6.07) is 17.5. The highest BCUT2D eigenvalue weighted by Crippen LogP contribution is 2.18. The molecule has 30 heavy (non-hydrogen) atoms. The van der Waals surface area contributed by atoms with Crippen LogP contribution in [0.4, 0.5) is 21.0 Å². The van der Waals surface area contributed by atoms with Gasteiger partial charge in [0.15, 0.2) is 11.7 Å². The second kappa shape index (κ2) is 10.2. The summed E-state index contributed by atoms with van der Waals surface area (Å²) in [5, 5.41) is 17.1. The number of hydrazone groups is 2.